The highest BCUT2D eigenvalue weighted by molar-refractivity contribution is 5.91. The van der Waals surface area contributed by atoms with Gasteiger partial charge in [0.15, 0.2) is 0 Å². The molecule has 0 saturated carbocycles. The number of anilines is 1. The van der Waals surface area contributed by atoms with Gasteiger partial charge >= 0.3 is 5.97 Å². The number of nitrogens with one attached hydrogen (secondary N) is 1. The van der Waals surface area contributed by atoms with E-state index in [1.807, 2.05) is 6.92 Å². The SMILES string of the molecule is CCC(C)CC(C)Nc1cc(C(=O)OC)ccc1[N+](=O)[O-]. The number of nitro groups is 1. The van der Waals surface area contributed by atoms with Crippen molar-refractivity contribution in [3.8, 4) is 0 Å². The van der Waals surface area contributed by atoms with E-state index in [2.05, 4.69) is 23.9 Å². The van der Waals surface area contributed by atoms with Gasteiger partial charge in [0.05, 0.1) is 17.6 Å². The van der Waals surface area contributed by atoms with Crippen LogP contribution in [0.25, 0.3) is 0 Å². The first kappa shape index (κ1) is 16.9. The molecule has 0 aliphatic rings. The molecule has 2 unspecified atom stereocenters. The normalized spacial score (nSPS) is 13.3. The van der Waals surface area contributed by atoms with Crippen LogP contribution in [-0.4, -0.2) is 24.0 Å². The third-order valence-electron chi connectivity index (χ3n) is 3.47. The molecule has 0 bridgehead atoms. The van der Waals surface area contributed by atoms with Gasteiger partial charge in [-0.2, -0.15) is 0 Å². The molecule has 6 heteroatoms. The molecule has 6 nitrogen and oxygen atoms in total. The Hall–Kier alpha value is -2.11. The second-order valence-electron chi connectivity index (χ2n) is 5.28. The number of hydrogen-bond donors (Lipinski definition) is 1. The molecular formula is C15H22N2O4. The molecule has 0 saturated heterocycles. The van der Waals surface area contributed by atoms with E-state index in [1.54, 1.807) is 0 Å². The highest BCUT2D eigenvalue weighted by atomic mass is 16.6. The molecule has 0 radical (unpaired) electrons. The van der Waals surface area contributed by atoms with Gasteiger partial charge in [-0.25, -0.2) is 4.79 Å². The minimum atomic E-state index is -0.512. The van der Waals surface area contributed by atoms with Gasteiger partial charge in [-0.1, -0.05) is 20.3 Å². The Morgan fingerprint density at radius 2 is 2.10 bits per heavy atom. The Labute approximate surface area is 124 Å². The zero-order valence-corrected chi connectivity index (χ0v) is 12.9. The number of carbonyl (C=O) groups excluding carboxylic acids is 1. The fraction of sp³-hybridized carbons (Fsp3) is 0.533. The van der Waals surface area contributed by atoms with Gasteiger partial charge in [0.1, 0.15) is 5.69 Å². The predicted molar refractivity (Wildman–Crippen MR) is 81.6 cm³/mol. The van der Waals surface area contributed by atoms with E-state index in [0.29, 0.717) is 17.2 Å². The van der Waals surface area contributed by atoms with Crippen molar-refractivity contribution in [1.29, 1.82) is 0 Å². The maximum absolute atomic E-state index is 11.5. The molecule has 0 aromatic heterocycles. The zero-order valence-electron chi connectivity index (χ0n) is 12.9. The smallest absolute Gasteiger partial charge is 0.337 e. The first-order valence-corrected chi connectivity index (χ1v) is 7.02. The number of carbonyl (C=O) groups is 1. The van der Waals surface area contributed by atoms with Crippen molar-refractivity contribution in [2.45, 2.75) is 39.7 Å². The third-order valence-corrected chi connectivity index (χ3v) is 3.47. The number of hydrogen-bond acceptors (Lipinski definition) is 5. The Balaban J connectivity index is 3.01. The van der Waals surface area contributed by atoms with E-state index < -0.39 is 10.9 Å². The lowest BCUT2D eigenvalue weighted by Gasteiger charge is -2.19. The van der Waals surface area contributed by atoms with E-state index in [-0.39, 0.29) is 11.7 Å². The molecule has 1 N–H and O–H groups in total. The maximum atomic E-state index is 11.5. The summed E-state index contributed by atoms with van der Waals surface area (Å²) in [5.74, 6) is 0.0119. The van der Waals surface area contributed by atoms with Crippen molar-refractivity contribution >= 4 is 17.3 Å². The van der Waals surface area contributed by atoms with Crippen LogP contribution in [0.3, 0.4) is 0 Å². The molecule has 0 spiro atoms. The number of nitrogens with zero attached hydrogens (tertiary/aromatic N) is 1. The summed E-state index contributed by atoms with van der Waals surface area (Å²) in [6, 6.07) is 4.27. The van der Waals surface area contributed by atoms with Crippen molar-refractivity contribution in [2.24, 2.45) is 5.92 Å². The standard InChI is InChI=1S/C15H22N2O4/c1-5-10(2)8-11(3)16-13-9-12(15(18)21-4)6-7-14(13)17(19)20/h6-7,9-11,16H,5,8H2,1-4H3. The Morgan fingerprint density at radius 1 is 1.43 bits per heavy atom. The molecular weight excluding hydrogens is 272 g/mol. The van der Waals surface area contributed by atoms with Crippen LogP contribution in [0.1, 0.15) is 44.0 Å². The number of methoxy groups -OCH3 is 1. The molecule has 0 fully saturated rings. The number of esters is 1. The van der Waals surface area contributed by atoms with E-state index in [0.717, 1.165) is 12.8 Å². The van der Waals surface area contributed by atoms with Gasteiger partial charge in [0.25, 0.3) is 5.69 Å². The monoisotopic (exact) mass is 294 g/mol. The maximum Gasteiger partial charge on any atom is 0.337 e. The number of nitro benzene ring substituents is 1. The first-order chi connectivity index (χ1) is 9.88. The summed E-state index contributed by atoms with van der Waals surface area (Å²) in [6.45, 7) is 6.22. The van der Waals surface area contributed by atoms with Crippen LogP contribution in [0.5, 0.6) is 0 Å². The van der Waals surface area contributed by atoms with Gasteiger partial charge in [0.2, 0.25) is 0 Å². The number of ether oxygens (including phenoxy) is 1. The predicted octanol–water partition coefficient (Wildman–Crippen LogP) is 3.62. The van der Waals surface area contributed by atoms with Crippen molar-refractivity contribution in [3.63, 3.8) is 0 Å². The lowest BCUT2D eigenvalue weighted by Crippen LogP contribution is -2.19. The van der Waals surface area contributed by atoms with Crippen LogP contribution >= 0.6 is 0 Å². The van der Waals surface area contributed by atoms with E-state index >= 15 is 0 Å². The Bertz CT molecular complexity index is 516. The lowest BCUT2D eigenvalue weighted by atomic mass is 10.00. The molecule has 0 aliphatic carbocycles. The third kappa shape index (κ3) is 4.73. The summed E-state index contributed by atoms with van der Waals surface area (Å²) in [4.78, 5) is 22.2. The van der Waals surface area contributed by atoms with Crippen LogP contribution in [0.4, 0.5) is 11.4 Å². The average Bonchev–Trinajstić information content (AvgIpc) is 2.45. The molecule has 0 amide bonds. The van der Waals surface area contributed by atoms with Crippen molar-refractivity contribution in [3.05, 3.63) is 33.9 Å². The van der Waals surface area contributed by atoms with Crippen LogP contribution < -0.4 is 5.32 Å². The molecule has 116 valence electrons. The van der Waals surface area contributed by atoms with E-state index in [4.69, 9.17) is 0 Å². The second-order valence-corrected chi connectivity index (χ2v) is 5.28. The average molecular weight is 294 g/mol. The van der Waals surface area contributed by atoms with Gasteiger partial charge in [-0.05, 0) is 31.4 Å². The number of benzene rings is 1. The minimum Gasteiger partial charge on any atom is -0.465 e. The largest absolute Gasteiger partial charge is 0.465 e. The molecule has 2 atom stereocenters. The summed E-state index contributed by atoms with van der Waals surface area (Å²) < 4.78 is 4.64. The van der Waals surface area contributed by atoms with Gasteiger partial charge in [0, 0.05) is 12.1 Å². The fourth-order valence-electron chi connectivity index (χ4n) is 2.15. The van der Waals surface area contributed by atoms with Crippen LogP contribution in [0, 0.1) is 16.0 Å². The van der Waals surface area contributed by atoms with Crippen molar-refractivity contribution < 1.29 is 14.5 Å². The molecule has 21 heavy (non-hydrogen) atoms. The molecule has 1 aromatic rings. The summed E-state index contributed by atoms with van der Waals surface area (Å²) in [7, 11) is 1.28. The summed E-state index contributed by atoms with van der Waals surface area (Å²) in [5, 5.41) is 14.2. The lowest BCUT2D eigenvalue weighted by molar-refractivity contribution is -0.384. The van der Waals surface area contributed by atoms with Crippen LogP contribution in [0.15, 0.2) is 18.2 Å². The zero-order chi connectivity index (χ0) is 16.0. The van der Waals surface area contributed by atoms with Crippen LogP contribution in [-0.2, 0) is 4.74 Å². The minimum absolute atomic E-state index is 0.0429. The fourth-order valence-corrected chi connectivity index (χ4v) is 2.15. The van der Waals surface area contributed by atoms with E-state index in [9.17, 15) is 14.9 Å². The first-order valence-electron chi connectivity index (χ1n) is 7.02. The topological polar surface area (TPSA) is 81.5 Å². The Morgan fingerprint density at radius 3 is 2.62 bits per heavy atom. The summed E-state index contributed by atoms with van der Waals surface area (Å²) in [6.07, 6.45) is 1.95. The Kier molecular flexibility index (Phi) is 6.14. The second kappa shape index (κ2) is 7.61. The van der Waals surface area contributed by atoms with Gasteiger partial charge < -0.3 is 10.1 Å². The van der Waals surface area contributed by atoms with Gasteiger partial charge in [-0.3, -0.25) is 10.1 Å². The van der Waals surface area contributed by atoms with E-state index in [1.165, 1.54) is 25.3 Å². The summed E-state index contributed by atoms with van der Waals surface area (Å²) >= 11 is 0. The molecule has 1 aromatic carbocycles. The quantitative estimate of drug-likeness (QED) is 0.472. The highest BCUT2D eigenvalue weighted by Gasteiger charge is 2.19. The molecule has 0 heterocycles. The van der Waals surface area contributed by atoms with Crippen molar-refractivity contribution in [2.75, 3.05) is 12.4 Å². The number of rotatable bonds is 7. The van der Waals surface area contributed by atoms with Crippen molar-refractivity contribution in [1.82, 2.24) is 0 Å². The van der Waals surface area contributed by atoms with Gasteiger partial charge in [-0.15, -0.1) is 0 Å². The summed E-state index contributed by atoms with van der Waals surface area (Å²) in [5.41, 5.74) is 0.596. The molecule has 0 aliphatic heterocycles. The molecule has 1 rings (SSSR count). The van der Waals surface area contributed by atoms with Crippen LogP contribution in [0.2, 0.25) is 0 Å². The highest BCUT2D eigenvalue weighted by Crippen LogP contribution is 2.27.